The Morgan fingerprint density at radius 3 is 2.54 bits per heavy atom. The van der Waals surface area contributed by atoms with Crippen LogP contribution in [0.1, 0.15) is 11.3 Å². The van der Waals surface area contributed by atoms with Gasteiger partial charge in [0.1, 0.15) is 12.4 Å². The molecule has 9 heteroatoms. The molecule has 0 fully saturated rings. The molecule has 132 valence electrons. The molecule has 0 aliphatic carbocycles. The summed E-state index contributed by atoms with van der Waals surface area (Å²) in [5.74, 6) is 0.150. The molecule has 0 unspecified atom stereocenters. The molecule has 0 bridgehead atoms. The first kappa shape index (κ1) is 17.1. The highest BCUT2D eigenvalue weighted by Gasteiger charge is 2.12. The van der Waals surface area contributed by atoms with Gasteiger partial charge in [0, 0.05) is 12.1 Å². The average Bonchev–Trinajstić information content (AvgIpc) is 3.08. The number of carbonyl (C=O) groups is 1. The molecule has 26 heavy (non-hydrogen) atoms. The summed E-state index contributed by atoms with van der Waals surface area (Å²) in [7, 11) is 0. The zero-order valence-electron chi connectivity index (χ0n) is 13.5. The van der Waals surface area contributed by atoms with Crippen LogP contribution in [0, 0.1) is 10.1 Å². The monoisotopic (exact) mass is 354 g/mol. The molecular formula is C17H14N4O5. The molecule has 3 aromatic rings. The fraction of sp³-hybridized carbons (Fsp3) is 0.118. The van der Waals surface area contributed by atoms with Crippen LogP contribution in [0.2, 0.25) is 0 Å². The summed E-state index contributed by atoms with van der Waals surface area (Å²) >= 11 is 0. The molecule has 1 aromatic heterocycles. The van der Waals surface area contributed by atoms with Gasteiger partial charge in [-0.2, -0.15) is 0 Å². The average molecular weight is 354 g/mol. The lowest BCUT2D eigenvalue weighted by Crippen LogP contribution is -2.13. The Balaban J connectivity index is 1.55. The van der Waals surface area contributed by atoms with E-state index >= 15 is 0 Å². The molecule has 1 heterocycles. The third kappa shape index (κ3) is 4.41. The highest BCUT2D eigenvalue weighted by atomic mass is 16.7. The zero-order chi connectivity index (χ0) is 18.4. The van der Waals surface area contributed by atoms with Crippen molar-refractivity contribution in [2.24, 2.45) is 0 Å². The maximum Gasteiger partial charge on any atom is 0.514 e. The molecule has 0 aliphatic heterocycles. The minimum atomic E-state index is -0.925. The minimum Gasteiger partial charge on any atom is -0.427 e. The number of carbonyl (C=O) groups excluding carboxylic acids is 1. The molecule has 0 aliphatic rings. The van der Waals surface area contributed by atoms with Gasteiger partial charge in [0.25, 0.3) is 5.69 Å². The number of rotatable bonds is 6. The van der Waals surface area contributed by atoms with Gasteiger partial charge < -0.3 is 9.47 Å². The van der Waals surface area contributed by atoms with Gasteiger partial charge in [0.05, 0.1) is 23.4 Å². The SMILES string of the molecule is O=C(OCc1cnnn1Cc1ccccc1)Oc1ccc([N+](=O)[O-])cc1. The Bertz CT molecular complexity index is 893. The van der Waals surface area contributed by atoms with Gasteiger partial charge in [-0.1, -0.05) is 35.5 Å². The van der Waals surface area contributed by atoms with Crippen LogP contribution >= 0.6 is 0 Å². The minimum absolute atomic E-state index is 0.0638. The fourth-order valence-electron chi connectivity index (χ4n) is 2.17. The topological polar surface area (TPSA) is 109 Å². The number of hydrogen-bond donors (Lipinski definition) is 0. The summed E-state index contributed by atoms with van der Waals surface area (Å²) < 4.78 is 11.6. The van der Waals surface area contributed by atoms with Crippen LogP contribution in [0.25, 0.3) is 0 Å². The number of nitro benzene ring substituents is 1. The summed E-state index contributed by atoms with van der Waals surface area (Å²) in [6.45, 7) is 0.433. The van der Waals surface area contributed by atoms with Crippen molar-refractivity contribution in [2.75, 3.05) is 0 Å². The molecule has 2 aromatic carbocycles. The third-order valence-electron chi connectivity index (χ3n) is 3.46. The van der Waals surface area contributed by atoms with Crippen molar-refractivity contribution in [3.05, 3.63) is 82.2 Å². The van der Waals surface area contributed by atoms with Crippen molar-refractivity contribution in [3.8, 4) is 5.75 Å². The van der Waals surface area contributed by atoms with Crippen molar-refractivity contribution in [2.45, 2.75) is 13.2 Å². The van der Waals surface area contributed by atoms with Crippen molar-refractivity contribution in [1.29, 1.82) is 0 Å². The molecule has 3 rings (SSSR count). The highest BCUT2D eigenvalue weighted by Crippen LogP contribution is 2.18. The van der Waals surface area contributed by atoms with E-state index in [1.165, 1.54) is 30.5 Å². The fourth-order valence-corrected chi connectivity index (χ4v) is 2.17. The first-order chi connectivity index (χ1) is 12.6. The third-order valence-corrected chi connectivity index (χ3v) is 3.46. The summed E-state index contributed by atoms with van der Waals surface area (Å²) in [4.78, 5) is 21.8. The number of non-ortho nitro benzene ring substituents is 1. The summed E-state index contributed by atoms with van der Waals surface area (Å²) in [6, 6.07) is 14.8. The van der Waals surface area contributed by atoms with Crippen LogP contribution < -0.4 is 4.74 Å². The van der Waals surface area contributed by atoms with Crippen LogP contribution in [-0.4, -0.2) is 26.1 Å². The lowest BCUT2D eigenvalue weighted by Gasteiger charge is -2.08. The second-order valence-electron chi connectivity index (χ2n) is 5.26. The lowest BCUT2D eigenvalue weighted by molar-refractivity contribution is -0.384. The molecule has 0 saturated heterocycles. The van der Waals surface area contributed by atoms with E-state index in [1.807, 2.05) is 30.3 Å². The number of aromatic nitrogens is 3. The Hall–Kier alpha value is -3.75. The number of hydrogen-bond acceptors (Lipinski definition) is 7. The Labute approximate surface area is 147 Å². The van der Waals surface area contributed by atoms with E-state index in [-0.39, 0.29) is 18.0 Å². The second kappa shape index (κ2) is 7.88. The zero-order valence-corrected chi connectivity index (χ0v) is 13.5. The van der Waals surface area contributed by atoms with Crippen molar-refractivity contribution < 1.29 is 19.2 Å². The van der Waals surface area contributed by atoms with Crippen molar-refractivity contribution >= 4 is 11.8 Å². The Morgan fingerprint density at radius 2 is 1.85 bits per heavy atom. The van der Waals surface area contributed by atoms with Crippen LogP contribution in [0.3, 0.4) is 0 Å². The summed E-state index contributed by atoms with van der Waals surface area (Å²) in [6.07, 6.45) is 0.577. The Morgan fingerprint density at radius 1 is 1.12 bits per heavy atom. The number of nitro groups is 1. The molecule has 0 N–H and O–H groups in total. The number of nitrogens with zero attached hydrogens (tertiary/aromatic N) is 4. The number of benzene rings is 2. The standard InChI is InChI=1S/C17H14N4O5/c22-17(26-16-8-6-14(7-9-16)21(23)24)25-12-15-10-18-19-20(15)11-13-4-2-1-3-5-13/h1-10H,11-12H2. The van der Waals surface area contributed by atoms with Gasteiger partial charge in [-0.15, -0.1) is 5.10 Å². The lowest BCUT2D eigenvalue weighted by atomic mass is 10.2. The second-order valence-corrected chi connectivity index (χ2v) is 5.26. The first-order valence-electron chi connectivity index (χ1n) is 7.62. The predicted octanol–water partition coefficient (Wildman–Crippen LogP) is 2.95. The van der Waals surface area contributed by atoms with Gasteiger partial charge in [-0.3, -0.25) is 10.1 Å². The quantitative estimate of drug-likeness (QED) is 0.290. The number of ether oxygens (including phenoxy) is 2. The van der Waals surface area contributed by atoms with Gasteiger partial charge in [0.2, 0.25) is 0 Å². The van der Waals surface area contributed by atoms with Gasteiger partial charge in [0.15, 0.2) is 0 Å². The molecule has 0 amide bonds. The molecule has 0 radical (unpaired) electrons. The Kier molecular flexibility index (Phi) is 5.18. The van der Waals surface area contributed by atoms with Crippen LogP contribution in [0.4, 0.5) is 10.5 Å². The van der Waals surface area contributed by atoms with E-state index in [0.717, 1.165) is 5.56 Å². The van der Waals surface area contributed by atoms with E-state index in [2.05, 4.69) is 10.3 Å². The van der Waals surface area contributed by atoms with Crippen molar-refractivity contribution in [1.82, 2.24) is 15.0 Å². The highest BCUT2D eigenvalue weighted by molar-refractivity contribution is 5.64. The molecule has 0 spiro atoms. The van der Waals surface area contributed by atoms with Gasteiger partial charge in [-0.25, -0.2) is 9.48 Å². The van der Waals surface area contributed by atoms with Crippen molar-refractivity contribution in [3.63, 3.8) is 0 Å². The molecule has 0 atom stereocenters. The van der Waals surface area contributed by atoms with E-state index in [0.29, 0.717) is 12.2 Å². The van der Waals surface area contributed by atoms with Gasteiger partial charge >= 0.3 is 6.16 Å². The summed E-state index contributed by atoms with van der Waals surface area (Å²) in [5.41, 5.74) is 1.55. The van der Waals surface area contributed by atoms with Crippen LogP contribution in [0.5, 0.6) is 5.75 Å². The smallest absolute Gasteiger partial charge is 0.427 e. The predicted molar refractivity (Wildman–Crippen MR) is 89.5 cm³/mol. The van der Waals surface area contributed by atoms with E-state index in [1.54, 1.807) is 4.68 Å². The molecule has 9 nitrogen and oxygen atoms in total. The maximum atomic E-state index is 11.8. The van der Waals surface area contributed by atoms with Crippen LogP contribution in [0.15, 0.2) is 60.8 Å². The first-order valence-corrected chi connectivity index (χ1v) is 7.62. The molecule has 0 saturated carbocycles. The maximum absolute atomic E-state index is 11.8. The van der Waals surface area contributed by atoms with Gasteiger partial charge in [-0.05, 0) is 17.7 Å². The summed E-state index contributed by atoms with van der Waals surface area (Å²) in [5, 5.41) is 18.4. The van der Waals surface area contributed by atoms with E-state index in [9.17, 15) is 14.9 Å². The largest absolute Gasteiger partial charge is 0.514 e. The van der Waals surface area contributed by atoms with Crippen LogP contribution in [-0.2, 0) is 17.9 Å². The normalized spacial score (nSPS) is 10.3. The van der Waals surface area contributed by atoms with E-state index in [4.69, 9.17) is 9.47 Å². The van der Waals surface area contributed by atoms with E-state index < -0.39 is 11.1 Å². The molecular weight excluding hydrogens is 340 g/mol.